The zero-order chi connectivity index (χ0) is 13.3. The minimum atomic E-state index is -3.70. The molecule has 0 saturated carbocycles. The summed E-state index contributed by atoms with van der Waals surface area (Å²) in [4.78, 5) is -0.0705. The first-order valence-electron chi connectivity index (χ1n) is 5.54. The average Bonchev–Trinajstić information content (AvgIpc) is 2.32. The van der Waals surface area contributed by atoms with Gasteiger partial charge in [-0.05, 0) is 47.0 Å². The molecule has 100 valence electrons. The van der Waals surface area contributed by atoms with Crippen molar-refractivity contribution in [1.29, 1.82) is 0 Å². The third-order valence-corrected chi connectivity index (χ3v) is 5.83. The first kappa shape index (κ1) is 13.9. The molecule has 18 heavy (non-hydrogen) atoms. The van der Waals surface area contributed by atoms with Crippen molar-refractivity contribution < 1.29 is 17.9 Å². The summed E-state index contributed by atoms with van der Waals surface area (Å²) in [6.45, 7) is 0.513. The summed E-state index contributed by atoms with van der Waals surface area (Å²) >= 11 is 3.12. The predicted molar refractivity (Wildman–Crippen MR) is 68.1 cm³/mol. The van der Waals surface area contributed by atoms with Gasteiger partial charge >= 0.3 is 0 Å². The maximum atomic E-state index is 13.2. The summed E-state index contributed by atoms with van der Waals surface area (Å²) in [5.74, 6) is -0.589. The topological polar surface area (TPSA) is 57.6 Å². The van der Waals surface area contributed by atoms with E-state index >= 15 is 0 Å². The van der Waals surface area contributed by atoms with Gasteiger partial charge in [-0.15, -0.1) is 0 Å². The van der Waals surface area contributed by atoms with E-state index in [1.807, 2.05) is 0 Å². The molecular formula is C11H13BrFNO3S. The highest BCUT2D eigenvalue weighted by Crippen LogP contribution is 2.27. The Morgan fingerprint density at radius 3 is 2.56 bits per heavy atom. The second kappa shape index (κ2) is 5.24. The number of piperidine rings is 1. The quantitative estimate of drug-likeness (QED) is 0.894. The number of sulfonamides is 1. The van der Waals surface area contributed by atoms with Crippen LogP contribution in [0.1, 0.15) is 12.8 Å². The van der Waals surface area contributed by atoms with Crippen LogP contribution in [0.3, 0.4) is 0 Å². The van der Waals surface area contributed by atoms with Gasteiger partial charge in [0, 0.05) is 17.6 Å². The molecule has 1 aromatic carbocycles. The van der Waals surface area contributed by atoms with Crippen LogP contribution in [0.2, 0.25) is 0 Å². The fraction of sp³-hybridized carbons (Fsp3) is 0.455. The van der Waals surface area contributed by atoms with Gasteiger partial charge in [-0.2, -0.15) is 4.31 Å². The summed E-state index contributed by atoms with van der Waals surface area (Å²) in [5, 5.41) is 9.37. The number of aliphatic hydroxyl groups is 1. The molecule has 0 aliphatic carbocycles. The van der Waals surface area contributed by atoms with Gasteiger partial charge < -0.3 is 5.11 Å². The van der Waals surface area contributed by atoms with Gasteiger partial charge in [0.15, 0.2) is 0 Å². The number of aliphatic hydroxyl groups excluding tert-OH is 1. The lowest BCUT2D eigenvalue weighted by Gasteiger charge is -2.29. The summed E-state index contributed by atoms with van der Waals surface area (Å²) in [5.41, 5.74) is 0. The molecule has 0 radical (unpaired) electrons. The van der Waals surface area contributed by atoms with Gasteiger partial charge in [0.05, 0.1) is 11.0 Å². The third kappa shape index (κ3) is 2.74. The van der Waals surface area contributed by atoms with Crippen molar-refractivity contribution in [2.75, 3.05) is 13.1 Å². The highest BCUT2D eigenvalue weighted by Gasteiger charge is 2.30. The van der Waals surface area contributed by atoms with Gasteiger partial charge in [-0.1, -0.05) is 0 Å². The molecule has 1 heterocycles. The molecule has 2 rings (SSSR count). The molecule has 1 aliphatic rings. The van der Waals surface area contributed by atoms with E-state index in [0.29, 0.717) is 17.3 Å². The van der Waals surface area contributed by atoms with Crippen molar-refractivity contribution in [3.63, 3.8) is 0 Å². The monoisotopic (exact) mass is 337 g/mol. The molecule has 0 atom stereocenters. The Hall–Kier alpha value is -0.500. The van der Waals surface area contributed by atoms with Crippen molar-refractivity contribution in [1.82, 2.24) is 4.31 Å². The molecule has 7 heteroatoms. The lowest BCUT2D eigenvalue weighted by atomic mass is 10.1. The lowest BCUT2D eigenvalue weighted by molar-refractivity contribution is 0.113. The van der Waals surface area contributed by atoms with Crippen molar-refractivity contribution in [2.24, 2.45) is 0 Å². The van der Waals surface area contributed by atoms with E-state index < -0.39 is 21.9 Å². The molecule has 0 aromatic heterocycles. The van der Waals surface area contributed by atoms with Crippen molar-refractivity contribution in [3.8, 4) is 0 Å². The van der Waals surface area contributed by atoms with Gasteiger partial charge in [-0.3, -0.25) is 0 Å². The molecule has 1 N–H and O–H groups in total. The minimum absolute atomic E-state index is 0.0705. The van der Waals surface area contributed by atoms with Crippen LogP contribution in [0.25, 0.3) is 0 Å². The third-order valence-electron chi connectivity index (χ3n) is 2.93. The largest absolute Gasteiger partial charge is 0.393 e. The fourth-order valence-corrected chi connectivity index (χ4v) is 4.30. The van der Waals surface area contributed by atoms with E-state index in [1.165, 1.54) is 16.4 Å². The normalized spacial score (nSPS) is 19.1. The van der Waals surface area contributed by atoms with Crippen LogP contribution in [-0.4, -0.2) is 37.0 Å². The standard InChI is InChI=1S/C11H13BrFNO3S/c12-10-2-1-8(13)7-11(10)18(16,17)14-5-3-9(15)4-6-14/h1-2,7,9,15H,3-6H2. The van der Waals surface area contributed by atoms with Crippen molar-refractivity contribution in [2.45, 2.75) is 23.8 Å². The summed E-state index contributed by atoms with van der Waals surface area (Å²) < 4.78 is 39.4. The van der Waals surface area contributed by atoms with E-state index in [4.69, 9.17) is 0 Å². The summed E-state index contributed by atoms with van der Waals surface area (Å²) in [6.07, 6.45) is 0.366. The number of rotatable bonds is 2. The molecular weight excluding hydrogens is 325 g/mol. The van der Waals surface area contributed by atoms with E-state index in [9.17, 15) is 17.9 Å². The Labute approximate surface area is 114 Å². The maximum absolute atomic E-state index is 13.2. The molecule has 0 unspecified atom stereocenters. The average molecular weight is 338 g/mol. The molecule has 1 fully saturated rings. The number of halogens is 2. The molecule has 0 spiro atoms. The van der Waals surface area contributed by atoms with Crippen LogP contribution >= 0.6 is 15.9 Å². The van der Waals surface area contributed by atoms with Crippen LogP contribution in [0.4, 0.5) is 4.39 Å². The fourth-order valence-electron chi connectivity index (χ4n) is 1.90. The molecule has 1 aromatic rings. The highest BCUT2D eigenvalue weighted by atomic mass is 79.9. The molecule has 4 nitrogen and oxygen atoms in total. The highest BCUT2D eigenvalue weighted by molar-refractivity contribution is 9.10. The van der Waals surface area contributed by atoms with E-state index in [-0.39, 0.29) is 18.0 Å². The predicted octanol–water partition coefficient (Wildman–Crippen LogP) is 1.73. The Balaban J connectivity index is 2.33. The Kier molecular flexibility index (Phi) is 4.05. The van der Waals surface area contributed by atoms with Crippen LogP contribution in [0.15, 0.2) is 27.6 Å². The summed E-state index contributed by atoms with van der Waals surface area (Å²) in [6, 6.07) is 3.58. The molecule has 1 aliphatic heterocycles. The number of hydrogen-bond acceptors (Lipinski definition) is 3. The van der Waals surface area contributed by atoms with Crippen LogP contribution < -0.4 is 0 Å². The smallest absolute Gasteiger partial charge is 0.244 e. The van der Waals surface area contributed by atoms with Gasteiger partial charge in [0.2, 0.25) is 10.0 Å². The minimum Gasteiger partial charge on any atom is -0.393 e. The Morgan fingerprint density at radius 2 is 1.94 bits per heavy atom. The zero-order valence-corrected chi connectivity index (χ0v) is 11.9. The van der Waals surface area contributed by atoms with Crippen molar-refractivity contribution in [3.05, 3.63) is 28.5 Å². The Morgan fingerprint density at radius 1 is 1.33 bits per heavy atom. The number of hydrogen-bond donors (Lipinski definition) is 1. The second-order valence-electron chi connectivity index (χ2n) is 4.21. The summed E-state index contributed by atoms with van der Waals surface area (Å²) in [7, 11) is -3.70. The van der Waals surface area contributed by atoms with E-state index in [0.717, 1.165) is 6.07 Å². The van der Waals surface area contributed by atoms with Crippen molar-refractivity contribution >= 4 is 26.0 Å². The van der Waals surface area contributed by atoms with Gasteiger partial charge in [0.25, 0.3) is 0 Å². The van der Waals surface area contributed by atoms with E-state index in [2.05, 4.69) is 15.9 Å². The first-order chi connectivity index (χ1) is 8.41. The van der Waals surface area contributed by atoms with Crippen LogP contribution in [0.5, 0.6) is 0 Å². The lowest BCUT2D eigenvalue weighted by Crippen LogP contribution is -2.40. The molecule has 0 bridgehead atoms. The zero-order valence-electron chi connectivity index (χ0n) is 9.51. The Bertz CT molecular complexity index is 541. The van der Waals surface area contributed by atoms with Gasteiger partial charge in [0.1, 0.15) is 5.82 Å². The maximum Gasteiger partial charge on any atom is 0.244 e. The first-order valence-corrected chi connectivity index (χ1v) is 7.78. The second-order valence-corrected chi connectivity index (χ2v) is 6.97. The molecule has 0 amide bonds. The molecule has 1 saturated heterocycles. The van der Waals surface area contributed by atoms with E-state index in [1.54, 1.807) is 0 Å². The van der Waals surface area contributed by atoms with Gasteiger partial charge in [-0.25, -0.2) is 12.8 Å². The number of nitrogens with zero attached hydrogens (tertiary/aromatic N) is 1. The van der Waals surface area contributed by atoms with Crippen LogP contribution in [0, 0.1) is 5.82 Å². The SMILES string of the molecule is O=S(=O)(c1cc(F)ccc1Br)N1CCC(O)CC1. The van der Waals surface area contributed by atoms with Crippen LogP contribution in [-0.2, 0) is 10.0 Å². The number of benzene rings is 1.